The summed E-state index contributed by atoms with van der Waals surface area (Å²) < 4.78 is 25.4. The molecule has 2 unspecified atom stereocenters. The van der Waals surface area contributed by atoms with Crippen LogP contribution in [0.3, 0.4) is 0 Å². The molecule has 1 fully saturated rings. The molecule has 7 heteroatoms. The van der Waals surface area contributed by atoms with Gasteiger partial charge in [0.15, 0.2) is 5.96 Å². The van der Waals surface area contributed by atoms with Crippen LogP contribution in [0.1, 0.15) is 59.8 Å². The van der Waals surface area contributed by atoms with Crippen LogP contribution >= 0.6 is 0 Å². The van der Waals surface area contributed by atoms with Crippen molar-refractivity contribution in [3.05, 3.63) is 0 Å². The smallest absolute Gasteiger partial charge is 0.209 e. The molecule has 3 N–H and O–H groups in total. The van der Waals surface area contributed by atoms with Crippen LogP contribution in [0, 0.1) is 5.92 Å². The molecule has 0 aromatic carbocycles. The number of sulfonamides is 1. The molecule has 0 bridgehead atoms. The zero-order chi connectivity index (χ0) is 17.5. The molecule has 0 aliphatic heterocycles. The average molecular weight is 347 g/mol. The quantitative estimate of drug-likeness (QED) is 0.485. The lowest BCUT2D eigenvalue weighted by Gasteiger charge is -2.30. The lowest BCUT2D eigenvalue weighted by Crippen LogP contribution is -2.48. The van der Waals surface area contributed by atoms with E-state index in [1.165, 1.54) is 38.4 Å². The molecular formula is C16H34N4O2S. The van der Waals surface area contributed by atoms with Gasteiger partial charge in [0.2, 0.25) is 10.0 Å². The first kappa shape index (κ1) is 20.2. The summed E-state index contributed by atoms with van der Waals surface area (Å²) in [5.41, 5.74) is -0.603. The lowest BCUT2D eigenvalue weighted by atomic mass is 9.84. The predicted octanol–water partition coefficient (Wildman–Crippen LogP) is 1.84. The third-order valence-corrected chi connectivity index (χ3v) is 5.06. The fourth-order valence-electron chi connectivity index (χ4n) is 3.12. The zero-order valence-electron chi connectivity index (χ0n) is 15.3. The largest absolute Gasteiger partial charge is 0.357 e. The lowest BCUT2D eigenvalue weighted by molar-refractivity contribution is 0.298. The maximum Gasteiger partial charge on any atom is 0.209 e. The van der Waals surface area contributed by atoms with Gasteiger partial charge in [-0.15, -0.1) is 0 Å². The Kier molecular flexibility index (Phi) is 7.80. The van der Waals surface area contributed by atoms with Gasteiger partial charge >= 0.3 is 0 Å². The topological polar surface area (TPSA) is 82.6 Å². The summed E-state index contributed by atoms with van der Waals surface area (Å²) in [5.74, 6) is 1.57. The van der Waals surface area contributed by atoms with Crippen molar-refractivity contribution in [1.29, 1.82) is 0 Å². The fourth-order valence-corrected chi connectivity index (χ4v) is 4.19. The molecule has 23 heavy (non-hydrogen) atoms. The molecule has 0 aromatic rings. The maximum atomic E-state index is 11.4. The Balaban J connectivity index is 2.65. The molecule has 0 amide bonds. The van der Waals surface area contributed by atoms with Crippen LogP contribution in [-0.2, 0) is 10.0 Å². The Morgan fingerprint density at radius 2 is 1.96 bits per heavy atom. The molecule has 0 saturated heterocycles. The standard InChI is InChI=1S/C16H34N4O2S/c1-6-13-9-8-10-14(11-13)19-15(17-7-2)18-12-16(3,4)20-23(5,21)22/h13-14,20H,6-12H2,1-5H3,(H2,17,18,19). The van der Waals surface area contributed by atoms with Crippen molar-refractivity contribution in [2.24, 2.45) is 10.9 Å². The molecule has 0 radical (unpaired) electrons. The van der Waals surface area contributed by atoms with Gasteiger partial charge in [0.1, 0.15) is 0 Å². The van der Waals surface area contributed by atoms with Crippen LogP contribution in [-0.4, -0.2) is 45.3 Å². The van der Waals surface area contributed by atoms with E-state index in [2.05, 4.69) is 27.3 Å². The number of nitrogens with one attached hydrogen (secondary N) is 3. The van der Waals surface area contributed by atoms with Gasteiger partial charge < -0.3 is 10.6 Å². The van der Waals surface area contributed by atoms with Crippen molar-refractivity contribution in [2.75, 3.05) is 19.3 Å². The van der Waals surface area contributed by atoms with Crippen LogP contribution in [0.4, 0.5) is 0 Å². The van der Waals surface area contributed by atoms with Crippen LogP contribution < -0.4 is 15.4 Å². The summed E-state index contributed by atoms with van der Waals surface area (Å²) in [6, 6.07) is 0.456. The summed E-state index contributed by atoms with van der Waals surface area (Å²) >= 11 is 0. The van der Waals surface area contributed by atoms with Crippen molar-refractivity contribution in [3.8, 4) is 0 Å². The number of aliphatic imine (C=N–C) groups is 1. The molecule has 1 rings (SSSR count). The predicted molar refractivity (Wildman–Crippen MR) is 97.2 cm³/mol. The second-order valence-corrected chi connectivity index (χ2v) is 8.98. The van der Waals surface area contributed by atoms with Crippen molar-refractivity contribution in [2.45, 2.75) is 71.4 Å². The SMILES string of the molecule is CCNC(=NCC(C)(C)NS(C)(=O)=O)NC1CCCC(CC)C1. The first-order valence-corrected chi connectivity index (χ1v) is 10.6. The second kappa shape index (κ2) is 8.87. The first-order valence-electron chi connectivity index (χ1n) is 8.69. The highest BCUT2D eigenvalue weighted by Gasteiger charge is 2.24. The molecule has 0 spiro atoms. The minimum Gasteiger partial charge on any atom is -0.357 e. The van der Waals surface area contributed by atoms with E-state index in [9.17, 15) is 8.42 Å². The van der Waals surface area contributed by atoms with Gasteiger partial charge in [0.05, 0.1) is 12.8 Å². The van der Waals surface area contributed by atoms with Gasteiger partial charge in [-0.1, -0.05) is 26.2 Å². The Morgan fingerprint density at radius 1 is 1.26 bits per heavy atom. The second-order valence-electron chi connectivity index (χ2n) is 7.24. The van der Waals surface area contributed by atoms with Crippen LogP contribution in [0.2, 0.25) is 0 Å². The molecule has 0 aromatic heterocycles. The summed E-state index contributed by atoms with van der Waals surface area (Å²) in [5, 5.41) is 6.78. The summed E-state index contributed by atoms with van der Waals surface area (Å²) in [7, 11) is -3.24. The van der Waals surface area contributed by atoms with Gasteiger partial charge in [0, 0.05) is 18.1 Å². The molecule has 1 aliphatic rings. The molecular weight excluding hydrogens is 312 g/mol. The number of hydrogen-bond acceptors (Lipinski definition) is 3. The highest BCUT2D eigenvalue weighted by Crippen LogP contribution is 2.26. The number of nitrogens with zero attached hydrogens (tertiary/aromatic N) is 1. The van der Waals surface area contributed by atoms with Crippen molar-refractivity contribution in [1.82, 2.24) is 15.4 Å². The van der Waals surface area contributed by atoms with E-state index in [-0.39, 0.29) is 0 Å². The van der Waals surface area contributed by atoms with Gasteiger partial charge in [0.25, 0.3) is 0 Å². The number of rotatable bonds is 7. The monoisotopic (exact) mass is 346 g/mol. The third-order valence-electron chi connectivity index (χ3n) is 4.14. The Labute approximate surface area is 142 Å². The molecule has 1 aliphatic carbocycles. The molecule has 1 saturated carbocycles. The number of hydrogen-bond donors (Lipinski definition) is 3. The van der Waals surface area contributed by atoms with E-state index in [0.29, 0.717) is 12.6 Å². The first-order chi connectivity index (χ1) is 10.6. The Hall–Kier alpha value is -0.820. The van der Waals surface area contributed by atoms with Gasteiger partial charge in [-0.25, -0.2) is 13.1 Å². The number of guanidine groups is 1. The van der Waals surface area contributed by atoms with Crippen molar-refractivity contribution < 1.29 is 8.42 Å². The summed E-state index contributed by atoms with van der Waals surface area (Å²) in [4.78, 5) is 4.58. The van der Waals surface area contributed by atoms with E-state index in [1.54, 1.807) is 0 Å². The Bertz CT molecular complexity index is 488. The van der Waals surface area contributed by atoms with Gasteiger partial charge in [-0.3, -0.25) is 4.99 Å². The molecule has 0 heterocycles. The Morgan fingerprint density at radius 3 is 2.52 bits per heavy atom. The highest BCUT2D eigenvalue weighted by atomic mass is 32.2. The van der Waals surface area contributed by atoms with E-state index in [1.807, 2.05) is 20.8 Å². The normalized spacial score (nSPS) is 23.6. The van der Waals surface area contributed by atoms with E-state index in [0.717, 1.165) is 18.4 Å². The fraction of sp³-hybridized carbons (Fsp3) is 0.938. The van der Waals surface area contributed by atoms with Crippen LogP contribution in [0.5, 0.6) is 0 Å². The van der Waals surface area contributed by atoms with Gasteiger partial charge in [-0.05, 0) is 39.5 Å². The average Bonchev–Trinajstić information content (AvgIpc) is 2.43. The van der Waals surface area contributed by atoms with Crippen molar-refractivity contribution in [3.63, 3.8) is 0 Å². The minimum atomic E-state index is -3.24. The van der Waals surface area contributed by atoms with E-state index < -0.39 is 15.6 Å². The minimum absolute atomic E-state index is 0.388. The third kappa shape index (κ3) is 8.55. The molecule has 136 valence electrons. The summed E-state index contributed by atoms with van der Waals surface area (Å²) in [6.45, 7) is 9.15. The van der Waals surface area contributed by atoms with Crippen LogP contribution in [0.15, 0.2) is 4.99 Å². The maximum absolute atomic E-state index is 11.4. The van der Waals surface area contributed by atoms with Crippen molar-refractivity contribution >= 4 is 16.0 Å². The van der Waals surface area contributed by atoms with E-state index >= 15 is 0 Å². The van der Waals surface area contributed by atoms with Crippen LogP contribution in [0.25, 0.3) is 0 Å². The van der Waals surface area contributed by atoms with E-state index in [4.69, 9.17) is 0 Å². The zero-order valence-corrected chi connectivity index (χ0v) is 16.1. The highest BCUT2D eigenvalue weighted by molar-refractivity contribution is 7.88. The van der Waals surface area contributed by atoms with Gasteiger partial charge in [-0.2, -0.15) is 0 Å². The molecule has 2 atom stereocenters. The molecule has 6 nitrogen and oxygen atoms in total. The summed E-state index contributed by atoms with van der Waals surface area (Å²) in [6.07, 6.45) is 7.36.